The molecule has 2 N–H and O–H groups in total. The van der Waals surface area contributed by atoms with Crippen molar-refractivity contribution < 1.29 is 27.7 Å². The molecule has 0 aromatic heterocycles. The van der Waals surface area contributed by atoms with Gasteiger partial charge in [-0.1, -0.05) is 0 Å². The highest BCUT2D eigenvalue weighted by molar-refractivity contribution is 5.99. The van der Waals surface area contributed by atoms with E-state index in [9.17, 15) is 32.9 Å². The summed E-state index contributed by atoms with van der Waals surface area (Å²) in [5.74, 6) is -1.56. The lowest BCUT2D eigenvalue weighted by Crippen LogP contribution is -2.41. The second-order valence-corrected chi connectivity index (χ2v) is 4.79. The zero-order valence-corrected chi connectivity index (χ0v) is 12.3. The van der Waals surface area contributed by atoms with Crippen molar-refractivity contribution in [1.82, 2.24) is 10.9 Å². The number of benzene rings is 2. The quantitative estimate of drug-likeness (QED) is 0.654. The fourth-order valence-corrected chi connectivity index (χ4v) is 1.80. The predicted octanol–water partition coefficient (Wildman–Crippen LogP) is 2.69. The van der Waals surface area contributed by atoms with Crippen molar-refractivity contribution in [3.05, 3.63) is 75.3 Å². The van der Waals surface area contributed by atoms with Crippen molar-refractivity contribution in [2.75, 3.05) is 0 Å². The molecular weight excluding hydrogens is 343 g/mol. The molecule has 0 saturated carbocycles. The largest absolute Gasteiger partial charge is 0.416 e. The van der Waals surface area contributed by atoms with Crippen LogP contribution < -0.4 is 10.9 Å². The number of amides is 2. The van der Waals surface area contributed by atoms with Gasteiger partial charge in [-0.2, -0.15) is 13.2 Å². The maximum Gasteiger partial charge on any atom is 0.416 e. The third-order valence-corrected chi connectivity index (χ3v) is 3.10. The number of nitro benzene ring substituents is 1. The molecular formula is C15H10F3N3O4. The highest BCUT2D eigenvalue weighted by atomic mass is 19.4. The Morgan fingerprint density at radius 1 is 0.840 bits per heavy atom. The zero-order valence-electron chi connectivity index (χ0n) is 12.3. The lowest BCUT2D eigenvalue weighted by Gasteiger charge is -2.09. The highest BCUT2D eigenvalue weighted by Gasteiger charge is 2.30. The van der Waals surface area contributed by atoms with Crippen LogP contribution in [0.2, 0.25) is 0 Å². The molecule has 2 aromatic carbocycles. The van der Waals surface area contributed by atoms with Crippen LogP contribution in [-0.2, 0) is 6.18 Å². The molecule has 0 spiro atoms. The molecule has 0 radical (unpaired) electrons. The van der Waals surface area contributed by atoms with Crippen LogP contribution in [0, 0.1) is 10.1 Å². The first-order chi connectivity index (χ1) is 11.7. The Balaban J connectivity index is 1.97. The van der Waals surface area contributed by atoms with E-state index in [2.05, 4.69) is 5.43 Å². The molecule has 0 aliphatic carbocycles. The number of halogens is 3. The molecule has 10 heteroatoms. The second-order valence-electron chi connectivity index (χ2n) is 4.79. The summed E-state index contributed by atoms with van der Waals surface area (Å²) in [7, 11) is 0. The Bertz CT molecular complexity index is 802. The first-order valence-corrected chi connectivity index (χ1v) is 6.71. The van der Waals surface area contributed by atoms with E-state index in [4.69, 9.17) is 0 Å². The molecule has 0 fully saturated rings. The van der Waals surface area contributed by atoms with E-state index >= 15 is 0 Å². The van der Waals surface area contributed by atoms with E-state index in [1.807, 2.05) is 5.43 Å². The van der Waals surface area contributed by atoms with Gasteiger partial charge in [0.2, 0.25) is 0 Å². The van der Waals surface area contributed by atoms with Gasteiger partial charge < -0.3 is 0 Å². The fraction of sp³-hybridized carbons (Fsp3) is 0.0667. The molecule has 0 bridgehead atoms. The normalized spacial score (nSPS) is 10.8. The Hall–Kier alpha value is -3.43. The monoisotopic (exact) mass is 353 g/mol. The molecule has 2 aromatic rings. The number of non-ortho nitro benzene ring substituents is 1. The summed E-state index contributed by atoms with van der Waals surface area (Å²) in [5.41, 5.74) is 2.96. The Kier molecular flexibility index (Phi) is 5.01. The number of rotatable bonds is 3. The summed E-state index contributed by atoms with van der Waals surface area (Å²) < 4.78 is 37.3. The number of nitro groups is 1. The number of carbonyl (C=O) groups excluding carboxylic acids is 2. The van der Waals surface area contributed by atoms with E-state index in [0.717, 1.165) is 36.4 Å². The minimum atomic E-state index is -4.51. The van der Waals surface area contributed by atoms with Crippen molar-refractivity contribution in [2.45, 2.75) is 6.18 Å². The van der Waals surface area contributed by atoms with Crippen molar-refractivity contribution in [3.63, 3.8) is 0 Å². The summed E-state index contributed by atoms with van der Waals surface area (Å²) in [6, 6.07) is 8.04. The SMILES string of the molecule is O=C(NNC(=O)c1ccc(C(F)(F)F)cc1)c1ccc([N+](=O)[O-])cc1. The minimum Gasteiger partial charge on any atom is -0.267 e. The molecule has 2 amide bonds. The standard InChI is InChI=1S/C15H10F3N3O4/c16-15(17,18)11-5-1-9(2-6-11)13(22)19-20-14(23)10-3-7-12(8-4-10)21(24)25/h1-8H,(H,19,22)(H,20,23). The molecule has 2 rings (SSSR count). The van der Waals surface area contributed by atoms with Crippen LogP contribution in [-0.4, -0.2) is 16.7 Å². The summed E-state index contributed by atoms with van der Waals surface area (Å²) >= 11 is 0. The number of hydrogen-bond acceptors (Lipinski definition) is 4. The van der Waals surface area contributed by atoms with Gasteiger partial charge in [0, 0.05) is 23.3 Å². The van der Waals surface area contributed by atoms with Gasteiger partial charge in [0.25, 0.3) is 17.5 Å². The van der Waals surface area contributed by atoms with E-state index in [0.29, 0.717) is 0 Å². The molecule has 0 heterocycles. The summed E-state index contributed by atoms with van der Waals surface area (Å²) in [5, 5.41) is 10.5. The maximum atomic E-state index is 12.4. The number of hydrogen-bond donors (Lipinski definition) is 2. The molecule has 0 atom stereocenters. The van der Waals surface area contributed by atoms with Crippen LogP contribution in [0.25, 0.3) is 0 Å². The lowest BCUT2D eigenvalue weighted by atomic mass is 10.1. The molecule has 25 heavy (non-hydrogen) atoms. The predicted molar refractivity (Wildman–Crippen MR) is 79.5 cm³/mol. The average Bonchev–Trinajstić information content (AvgIpc) is 2.58. The summed E-state index contributed by atoms with van der Waals surface area (Å²) in [6.07, 6.45) is -4.51. The summed E-state index contributed by atoms with van der Waals surface area (Å²) in [6.45, 7) is 0. The second kappa shape index (κ2) is 6.99. The minimum absolute atomic E-state index is 0.0540. The zero-order chi connectivity index (χ0) is 18.6. The van der Waals surface area contributed by atoms with Gasteiger partial charge in [-0.15, -0.1) is 0 Å². The van der Waals surface area contributed by atoms with Crippen molar-refractivity contribution in [3.8, 4) is 0 Å². The molecule has 130 valence electrons. The number of hydrazine groups is 1. The molecule has 7 nitrogen and oxygen atoms in total. The van der Waals surface area contributed by atoms with E-state index in [-0.39, 0.29) is 16.8 Å². The third-order valence-electron chi connectivity index (χ3n) is 3.10. The Morgan fingerprint density at radius 2 is 1.24 bits per heavy atom. The van der Waals surface area contributed by atoms with Gasteiger partial charge >= 0.3 is 6.18 Å². The van der Waals surface area contributed by atoms with Crippen molar-refractivity contribution in [2.24, 2.45) is 0 Å². The Labute approximate surface area is 138 Å². The van der Waals surface area contributed by atoms with Crippen LogP contribution in [0.3, 0.4) is 0 Å². The van der Waals surface area contributed by atoms with Crippen LogP contribution in [0.4, 0.5) is 18.9 Å². The number of carbonyl (C=O) groups is 2. The fourth-order valence-electron chi connectivity index (χ4n) is 1.80. The first kappa shape index (κ1) is 17.9. The number of nitrogens with zero attached hydrogens (tertiary/aromatic N) is 1. The van der Waals surface area contributed by atoms with Crippen molar-refractivity contribution >= 4 is 17.5 Å². The number of nitrogens with one attached hydrogen (secondary N) is 2. The van der Waals surface area contributed by atoms with Crippen molar-refractivity contribution in [1.29, 1.82) is 0 Å². The van der Waals surface area contributed by atoms with Gasteiger partial charge in [-0.3, -0.25) is 30.6 Å². The average molecular weight is 353 g/mol. The van der Waals surface area contributed by atoms with Crippen LogP contribution in [0.1, 0.15) is 26.3 Å². The van der Waals surface area contributed by atoms with E-state index in [1.165, 1.54) is 12.1 Å². The van der Waals surface area contributed by atoms with Gasteiger partial charge in [0.05, 0.1) is 10.5 Å². The topological polar surface area (TPSA) is 101 Å². The molecule has 0 aliphatic heterocycles. The van der Waals surface area contributed by atoms with Gasteiger partial charge in [-0.05, 0) is 36.4 Å². The molecule has 0 aliphatic rings. The van der Waals surface area contributed by atoms with Gasteiger partial charge in [-0.25, -0.2) is 0 Å². The Morgan fingerprint density at radius 3 is 1.60 bits per heavy atom. The van der Waals surface area contributed by atoms with Gasteiger partial charge in [0.1, 0.15) is 0 Å². The van der Waals surface area contributed by atoms with E-state index in [1.54, 1.807) is 0 Å². The van der Waals surface area contributed by atoms with Crippen LogP contribution in [0.5, 0.6) is 0 Å². The third kappa shape index (κ3) is 4.53. The number of alkyl halides is 3. The first-order valence-electron chi connectivity index (χ1n) is 6.71. The molecule has 0 saturated heterocycles. The molecule has 0 unspecified atom stereocenters. The smallest absolute Gasteiger partial charge is 0.267 e. The lowest BCUT2D eigenvalue weighted by molar-refractivity contribution is -0.384. The van der Waals surface area contributed by atoms with Crippen LogP contribution in [0.15, 0.2) is 48.5 Å². The highest BCUT2D eigenvalue weighted by Crippen LogP contribution is 2.29. The van der Waals surface area contributed by atoms with Crippen LogP contribution >= 0.6 is 0 Å². The van der Waals surface area contributed by atoms with E-state index < -0.39 is 28.5 Å². The maximum absolute atomic E-state index is 12.4. The van der Waals surface area contributed by atoms with Gasteiger partial charge in [0.15, 0.2) is 0 Å². The summed E-state index contributed by atoms with van der Waals surface area (Å²) in [4.78, 5) is 33.5.